The summed E-state index contributed by atoms with van der Waals surface area (Å²) >= 11 is 0. The average molecular weight is 223 g/mol. The van der Waals surface area contributed by atoms with E-state index >= 15 is 0 Å². The van der Waals surface area contributed by atoms with Gasteiger partial charge < -0.3 is 16.0 Å². The average Bonchev–Trinajstić information content (AvgIpc) is 2.27. The Labute approximate surface area is 94.9 Å². The van der Waals surface area contributed by atoms with E-state index in [0.717, 1.165) is 0 Å². The number of carbonyl (C=O) groups is 1. The predicted octanol–water partition coefficient (Wildman–Crippen LogP) is -0.197. The summed E-state index contributed by atoms with van der Waals surface area (Å²) < 4.78 is 0. The number of hydrogen-bond acceptors (Lipinski definition) is 5. The number of nitrogens with zero attached hydrogens (tertiary/aromatic N) is 3. The molecule has 0 saturated carbocycles. The third-order valence-electron chi connectivity index (χ3n) is 2.15. The maximum Gasteiger partial charge on any atom is 0.239 e. The lowest BCUT2D eigenvalue weighted by Crippen LogP contribution is -2.33. The summed E-state index contributed by atoms with van der Waals surface area (Å²) in [5, 5.41) is 2.55. The number of carbonyl (C=O) groups excluding carboxylic acids is 1. The van der Waals surface area contributed by atoms with Crippen LogP contribution in [0.3, 0.4) is 0 Å². The fourth-order valence-electron chi connectivity index (χ4n) is 1.23. The van der Waals surface area contributed by atoms with Crippen LogP contribution in [0, 0.1) is 0 Å². The highest BCUT2D eigenvalue weighted by Gasteiger charge is 2.09. The van der Waals surface area contributed by atoms with Crippen LogP contribution in [0.5, 0.6) is 0 Å². The molecule has 0 radical (unpaired) electrons. The zero-order valence-corrected chi connectivity index (χ0v) is 9.82. The third-order valence-corrected chi connectivity index (χ3v) is 2.15. The SMILES string of the molecule is CCc1nc(N)cc(N(C)CC(=O)NC)n1. The molecule has 0 aliphatic rings. The van der Waals surface area contributed by atoms with Gasteiger partial charge in [0.2, 0.25) is 5.91 Å². The first-order chi connectivity index (χ1) is 7.56. The first-order valence-electron chi connectivity index (χ1n) is 5.12. The minimum absolute atomic E-state index is 0.0715. The predicted molar refractivity (Wildman–Crippen MR) is 63.2 cm³/mol. The number of amides is 1. The van der Waals surface area contributed by atoms with Gasteiger partial charge in [-0.25, -0.2) is 9.97 Å². The van der Waals surface area contributed by atoms with Crippen molar-refractivity contribution in [2.24, 2.45) is 0 Å². The van der Waals surface area contributed by atoms with E-state index < -0.39 is 0 Å². The summed E-state index contributed by atoms with van der Waals surface area (Å²) in [5.41, 5.74) is 5.66. The second-order valence-electron chi connectivity index (χ2n) is 3.45. The molecule has 1 aromatic heterocycles. The van der Waals surface area contributed by atoms with Gasteiger partial charge in [0.1, 0.15) is 17.5 Å². The van der Waals surface area contributed by atoms with E-state index in [9.17, 15) is 4.79 Å². The Morgan fingerprint density at radius 2 is 2.25 bits per heavy atom. The zero-order chi connectivity index (χ0) is 12.1. The number of nitrogens with one attached hydrogen (secondary N) is 1. The van der Waals surface area contributed by atoms with E-state index in [1.54, 1.807) is 25.1 Å². The van der Waals surface area contributed by atoms with Crippen molar-refractivity contribution < 1.29 is 4.79 Å². The van der Waals surface area contributed by atoms with E-state index in [0.29, 0.717) is 23.9 Å². The van der Waals surface area contributed by atoms with Crippen molar-refractivity contribution in [3.05, 3.63) is 11.9 Å². The number of anilines is 2. The van der Waals surface area contributed by atoms with Crippen LogP contribution < -0.4 is 16.0 Å². The van der Waals surface area contributed by atoms with E-state index in [2.05, 4.69) is 15.3 Å². The molecule has 88 valence electrons. The van der Waals surface area contributed by atoms with Crippen molar-refractivity contribution >= 4 is 17.5 Å². The standard InChI is InChI=1S/C10H17N5O/c1-4-8-13-7(11)5-9(14-8)15(3)6-10(16)12-2/h5H,4,6H2,1-3H3,(H,12,16)(H2,11,13,14). The second-order valence-corrected chi connectivity index (χ2v) is 3.45. The minimum atomic E-state index is -0.0715. The molecule has 1 aromatic rings. The number of nitrogens with two attached hydrogens (primary N) is 1. The molecule has 0 saturated heterocycles. The largest absolute Gasteiger partial charge is 0.384 e. The van der Waals surface area contributed by atoms with E-state index in [1.807, 2.05) is 6.92 Å². The van der Waals surface area contributed by atoms with Crippen LogP contribution >= 0.6 is 0 Å². The lowest BCUT2D eigenvalue weighted by Gasteiger charge is -2.17. The van der Waals surface area contributed by atoms with Crippen molar-refractivity contribution in [2.45, 2.75) is 13.3 Å². The van der Waals surface area contributed by atoms with Gasteiger partial charge in [0.05, 0.1) is 6.54 Å². The summed E-state index contributed by atoms with van der Waals surface area (Å²) in [6.45, 7) is 2.20. The molecule has 3 N–H and O–H groups in total. The van der Waals surface area contributed by atoms with Crippen molar-refractivity contribution in [3.8, 4) is 0 Å². The maximum atomic E-state index is 11.2. The normalized spacial score (nSPS) is 9.94. The molecule has 6 nitrogen and oxygen atoms in total. The van der Waals surface area contributed by atoms with E-state index in [1.165, 1.54) is 0 Å². The van der Waals surface area contributed by atoms with E-state index in [4.69, 9.17) is 5.73 Å². The Morgan fingerprint density at radius 3 is 2.81 bits per heavy atom. The summed E-state index contributed by atoms with van der Waals surface area (Å²) in [6.07, 6.45) is 0.714. The smallest absolute Gasteiger partial charge is 0.239 e. The number of likely N-dealkylation sites (N-methyl/N-ethyl adjacent to an activating group) is 2. The first-order valence-corrected chi connectivity index (χ1v) is 5.12. The summed E-state index contributed by atoms with van der Waals surface area (Å²) in [4.78, 5) is 21.3. The second kappa shape index (κ2) is 5.29. The van der Waals surface area contributed by atoms with Gasteiger partial charge in [-0.1, -0.05) is 6.92 Å². The van der Waals surface area contributed by atoms with Crippen LogP contribution in [-0.2, 0) is 11.2 Å². The Bertz CT molecular complexity index is 379. The fraction of sp³-hybridized carbons (Fsp3) is 0.500. The van der Waals surface area contributed by atoms with Crippen LogP contribution in [-0.4, -0.2) is 36.5 Å². The fourth-order valence-corrected chi connectivity index (χ4v) is 1.23. The number of aromatic nitrogens is 2. The minimum Gasteiger partial charge on any atom is -0.384 e. The molecular weight excluding hydrogens is 206 g/mol. The van der Waals surface area contributed by atoms with Gasteiger partial charge in [-0.15, -0.1) is 0 Å². The molecule has 16 heavy (non-hydrogen) atoms. The highest BCUT2D eigenvalue weighted by Crippen LogP contribution is 2.12. The van der Waals surface area contributed by atoms with Gasteiger partial charge in [-0.05, 0) is 0 Å². The zero-order valence-electron chi connectivity index (χ0n) is 9.82. The topological polar surface area (TPSA) is 84.1 Å². The van der Waals surface area contributed by atoms with Gasteiger partial charge >= 0.3 is 0 Å². The molecule has 0 aliphatic carbocycles. The molecule has 0 fully saturated rings. The number of rotatable bonds is 4. The van der Waals surface area contributed by atoms with Crippen LogP contribution in [0.15, 0.2) is 6.07 Å². The quantitative estimate of drug-likeness (QED) is 0.738. The molecular formula is C10H17N5O. The number of hydrogen-bond donors (Lipinski definition) is 2. The Hall–Kier alpha value is -1.85. The van der Waals surface area contributed by atoms with Gasteiger partial charge in [-0.3, -0.25) is 4.79 Å². The molecule has 1 amide bonds. The van der Waals surface area contributed by atoms with Crippen molar-refractivity contribution in [2.75, 3.05) is 31.3 Å². The molecule has 0 aliphatic heterocycles. The van der Waals surface area contributed by atoms with Gasteiger partial charge in [0.25, 0.3) is 0 Å². The van der Waals surface area contributed by atoms with Crippen LogP contribution in [0.4, 0.5) is 11.6 Å². The van der Waals surface area contributed by atoms with Gasteiger partial charge in [-0.2, -0.15) is 0 Å². The molecule has 0 spiro atoms. The van der Waals surface area contributed by atoms with Crippen LogP contribution in [0.2, 0.25) is 0 Å². The molecule has 6 heteroatoms. The summed E-state index contributed by atoms with van der Waals surface area (Å²) in [7, 11) is 3.39. The molecule has 0 aromatic carbocycles. The lowest BCUT2D eigenvalue weighted by molar-refractivity contribution is -0.119. The Balaban J connectivity index is 2.86. The van der Waals surface area contributed by atoms with Crippen molar-refractivity contribution in [1.29, 1.82) is 0 Å². The van der Waals surface area contributed by atoms with Crippen molar-refractivity contribution in [1.82, 2.24) is 15.3 Å². The molecule has 0 unspecified atom stereocenters. The van der Waals surface area contributed by atoms with E-state index in [-0.39, 0.29) is 12.5 Å². The molecule has 1 rings (SSSR count). The Morgan fingerprint density at radius 1 is 1.56 bits per heavy atom. The highest BCUT2D eigenvalue weighted by molar-refractivity contribution is 5.80. The number of aryl methyl sites for hydroxylation is 1. The van der Waals surface area contributed by atoms with Gasteiger partial charge in [0.15, 0.2) is 0 Å². The molecule has 1 heterocycles. The molecule has 0 atom stereocenters. The highest BCUT2D eigenvalue weighted by atomic mass is 16.1. The van der Waals surface area contributed by atoms with Gasteiger partial charge in [0, 0.05) is 26.6 Å². The lowest BCUT2D eigenvalue weighted by atomic mass is 10.4. The van der Waals surface area contributed by atoms with Crippen LogP contribution in [0.25, 0.3) is 0 Å². The Kier molecular flexibility index (Phi) is 4.04. The maximum absolute atomic E-state index is 11.2. The summed E-state index contributed by atoms with van der Waals surface area (Å²) in [6, 6.07) is 1.65. The number of nitrogen functional groups attached to an aromatic ring is 1. The summed E-state index contributed by atoms with van der Waals surface area (Å²) in [5.74, 6) is 1.69. The molecule has 0 bridgehead atoms. The monoisotopic (exact) mass is 223 g/mol. The van der Waals surface area contributed by atoms with Crippen molar-refractivity contribution in [3.63, 3.8) is 0 Å². The third kappa shape index (κ3) is 3.08. The van der Waals surface area contributed by atoms with Crippen LogP contribution in [0.1, 0.15) is 12.7 Å². The first kappa shape index (κ1) is 12.2.